The lowest BCUT2D eigenvalue weighted by Crippen LogP contribution is -1.93. The van der Waals surface area contributed by atoms with Gasteiger partial charge in [0.25, 0.3) is 0 Å². The van der Waals surface area contributed by atoms with Crippen LogP contribution in [0.5, 0.6) is 0 Å². The molecule has 0 atom stereocenters. The number of nitrogens with zero attached hydrogens (tertiary/aromatic N) is 4. The van der Waals surface area contributed by atoms with Crippen LogP contribution in [-0.4, -0.2) is 20.0 Å². The number of hydrogen-bond donors (Lipinski definition) is 0. The van der Waals surface area contributed by atoms with Crippen molar-refractivity contribution < 1.29 is 0 Å². The molecular weight excluding hydrogens is 372 g/mol. The van der Waals surface area contributed by atoms with E-state index in [0.717, 1.165) is 15.9 Å². The third-order valence-corrected chi connectivity index (χ3v) is 7.60. The van der Waals surface area contributed by atoms with Crippen molar-refractivity contribution in [2.45, 2.75) is 0 Å². The van der Waals surface area contributed by atoms with Gasteiger partial charge in [0.15, 0.2) is 5.65 Å². The fourth-order valence-corrected chi connectivity index (χ4v) is 6.47. The van der Waals surface area contributed by atoms with Gasteiger partial charge in [-0.1, -0.05) is 42.5 Å². The van der Waals surface area contributed by atoms with Gasteiger partial charge in [-0.3, -0.25) is 0 Å². The first kappa shape index (κ1) is 14.0. The quantitative estimate of drug-likeness (QED) is 0.302. The first-order valence-electron chi connectivity index (χ1n) is 8.64. The summed E-state index contributed by atoms with van der Waals surface area (Å²) in [5, 5.41) is 23.6. The third-order valence-electron chi connectivity index (χ3n) is 5.36. The number of rotatable bonds is 0. The Morgan fingerprint density at radius 2 is 1.67 bits per heavy atom. The van der Waals surface area contributed by atoms with E-state index in [9.17, 15) is 0 Å². The lowest BCUT2D eigenvalue weighted by atomic mass is 9.96. The van der Waals surface area contributed by atoms with Gasteiger partial charge in [0, 0.05) is 16.2 Å². The average Bonchev–Trinajstić information content (AvgIpc) is 3.42. The summed E-state index contributed by atoms with van der Waals surface area (Å²) in [5.74, 6) is 0. The van der Waals surface area contributed by atoms with E-state index >= 15 is 0 Å². The summed E-state index contributed by atoms with van der Waals surface area (Å²) in [6.45, 7) is 0. The van der Waals surface area contributed by atoms with Gasteiger partial charge >= 0.3 is 0 Å². The van der Waals surface area contributed by atoms with Gasteiger partial charge in [-0.25, -0.2) is 0 Å². The largest absolute Gasteiger partial charge is 0.197 e. The Balaban J connectivity index is 1.96. The molecule has 7 aromatic rings. The van der Waals surface area contributed by atoms with Crippen LogP contribution in [0.15, 0.2) is 60.0 Å². The fraction of sp³-hybridized carbons (Fsp3) is 0. The van der Waals surface area contributed by atoms with E-state index in [4.69, 9.17) is 0 Å². The topological polar surface area (TPSA) is 43.1 Å². The van der Waals surface area contributed by atoms with Gasteiger partial charge in [-0.2, -0.15) is 4.52 Å². The fourth-order valence-electron chi connectivity index (χ4n) is 4.24. The van der Waals surface area contributed by atoms with E-state index in [0.29, 0.717) is 0 Å². The molecule has 126 valence electrons. The van der Waals surface area contributed by atoms with Crippen LogP contribution in [0.2, 0.25) is 0 Å². The molecule has 4 heterocycles. The molecule has 0 aliphatic heterocycles. The molecular formula is C21H10N4S2. The van der Waals surface area contributed by atoms with Crippen LogP contribution in [0.25, 0.3) is 57.6 Å². The maximum Gasteiger partial charge on any atom is 0.197 e. The Kier molecular flexibility index (Phi) is 2.49. The summed E-state index contributed by atoms with van der Waals surface area (Å²) in [7, 11) is 0. The number of fused-ring (bicyclic) bond motifs is 12. The van der Waals surface area contributed by atoms with Crippen molar-refractivity contribution >= 4 is 80.3 Å². The zero-order chi connectivity index (χ0) is 17.5. The Bertz CT molecular complexity index is 1690. The minimum atomic E-state index is 0.838. The molecule has 0 saturated carbocycles. The van der Waals surface area contributed by atoms with Gasteiger partial charge in [-0.05, 0) is 49.5 Å². The zero-order valence-corrected chi connectivity index (χ0v) is 15.5. The molecule has 4 aromatic heterocycles. The molecule has 0 spiro atoms. The van der Waals surface area contributed by atoms with Crippen LogP contribution in [0.4, 0.5) is 0 Å². The van der Waals surface area contributed by atoms with E-state index in [-0.39, 0.29) is 0 Å². The highest BCUT2D eigenvalue weighted by Crippen LogP contribution is 2.45. The van der Waals surface area contributed by atoms with Crippen LogP contribution < -0.4 is 0 Å². The summed E-state index contributed by atoms with van der Waals surface area (Å²) < 4.78 is 4.37. The molecule has 7 rings (SSSR count). The molecule has 0 amide bonds. The highest BCUT2D eigenvalue weighted by Gasteiger charge is 2.19. The minimum Gasteiger partial charge on any atom is -0.191 e. The first-order chi connectivity index (χ1) is 13.4. The monoisotopic (exact) mass is 382 g/mol. The number of pyridine rings is 1. The SMILES string of the molecule is c1ccc2c(c1)ccc1ccc3c(c12)c1c2ccsc2sc1c1nnnn31. The molecule has 0 fully saturated rings. The van der Waals surface area contributed by atoms with Gasteiger partial charge < -0.3 is 0 Å². The molecule has 0 radical (unpaired) electrons. The summed E-state index contributed by atoms with van der Waals surface area (Å²) in [6.07, 6.45) is 0. The van der Waals surface area contributed by atoms with E-state index in [1.54, 1.807) is 22.7 Å². The number of aromatic nitrogens is 4. The van der Waals surface area contributed by atoms with Gasteiger partial charge in [-0.15, -0.1) is 27.8 Å². The van der Waals surface area contributed by atoms with E-state index in [1.165, 1.54) is 41.7 Å². The van der Waals surface area contributed by atoms with Crippen LogP contribution in [0.1, 0.15) is 0 Å². The molecule has 0 N–H and O–H groups in total. The number of thiophene rings is 2. The molecule has 6 heteroatoms. The highest BCUT2D eigenvalue weighted by atomic mass is 32.2. The lowest BCUT2D eigenvalue weighted by Gasteiger charge is -2.10. The van der Waals surface area contributed by atoms with Crippen molar-refractivity contribution in [3.05, 3.63) is 60.0 Å². The van der Waals surface area contributed by atoms with E-state index < -0.39 is 0 Å². The van der Waals surface area contributed by atoms with Crippen molar-refractivity contribution in [1.82, 2.24) is 20.0 Å². The van der Waals surface area contributed by atoms with Gasteiger partial charge in [0.05, 0.1) is 14.2 Å². The zero-order valence-electron chi connectivity index (χ0n) is 13.9. The Hall–Kier alpha value is -3.09. The van der Waals surface area contributed by atoms with Crippen molar-refractivity contribution in [3.8, 4) is 0 Å². The standard InChI is InChI=1S/C21H10N4S2/c1-2-4-13-11(3-1)5-6-12-7-8-15-18(16(12)13)17-14-9-10-26-21(14)27-19(17)20-22-23-24-25(15)20/h1-10H. The molecule has 0 saturated heterocycles. The normalized spacial score (nSPS) is 12.4. The molecule has 0 aliphatic rings. The maximum absolute atomic E-state index is 4.33. The molecule has 3 aromatic carbocycles. The summed E-state index contributed by atoms with van der Waals surface area (Å²) in [4.78, 5) is 0. The van der Waals surface area contributed by atoms with Gasteiger partial charge in [0.1, 0.15) is 0 Å². The van der Waals surface area contributed by atoms with Crippen molar-refractivity contribution in [2.24, 2.45) is 0 Å². The third kappa shape index (κ3) is 1.65. The number of tetrazole rings is 1. The second-order valence-electron chi connectivity index (χ2n) is 6.69. The van der Waals surface area contributed by atoms with Crippen molar-refractivity contribution in [1.29, 1.82) is 0 Å². The van der Waals surface area contributed by atoms with Crippen LogP contribution >= 0.6 is 22.7 Å². The van der Waals surface area contributed by atoms with Crippen LogP contribution in [-0.2, 0) is 0 Å². The Labute approximate surface area is 160 Å². The molecule has 4 nitrogen and oxygen atoms in total. The lowest BCUT2D eigenvalue weighted by molar-refractivity contribution is 0.842. The average molecular weight is 382 g/mol. The molecule has 27 heavy (non-hydrogen) atoms. The van der Waals surface area contributed by atoms with Crippen molar-refractivity contribution in [2.75, 3.05) is 0 Å². The summed E-state index contributed by atoms with van der Waals surface area (Å²) in [5.41, 5.74) is 1.89. The maximum atomic E-state index is 4.33. The predicted octanol–water partition coefficient (Wildman–Crippen LogP) is 6.01. The Morgan fingerprint density at radius 1 is 0.778 bits per heavy atom. The second-order valence-corrected chi connectivity index (χ2v) is 8.88. The number of hydrogen-bond acceptors (Lipinski definition) is 5. The smallest absolute Gasteiger partial charge is 0.191 e. The Morgan fingerprint density at radius 3 is 2.67 bits per heavy atom. The summed E-state index contributed by atoms with van der Waals surface area (Å²) >= 11 is 3.57. The summed E-state index contributed by atoms with van der Waals surface area (Å²) in [6, 6.07) is 19.5. The highest BCUT2D eigenvalue weighted by molar-refractivity contribution is 7.41. The van der Waals surface area contributed by atoms with E-state index in [2.05, 4.69) is 75.5 Å². The minimum absolute atomic E-state index is 0.838. The molecule has 0 unspecified atom stereocenters. The van der Waals surface area contributed by atoms with Crippen molar-refractivity contribution in [3.63, 3.8) is 0 Å². The number of benzene rings is 3. The van der Waals surface area contributed by atoms with E-state index in [1.807, 2.05) is 4.52 Å². The van der Waals surface area contributed by atoms with Crippen LogP contribution in [0, 0.1) is 0 Å². The van der Waals surface area contributed by atoms with Gasteiger partial charge in [0.2, 0.25) is 0 Å². The predicted molar refractivity (Wildman–Crippen MR) is 114 cm³/mol. The molecule has 0 aliphatic carbocycles. The second kappa shape index (κ2) is 4.79. The van der Waals surface area contributed by atoms with Crippen LogP contribution in [0.3, 0.4) is 0 Å². The first-order valence-corrected chi connectivity index (χ1v) is 10.3. The molecule has 0 bridgehead atoms.